The lowest BCUT2D eigenvalue weighted by Crippen LogP contribution is -2.43. The lowest BCUT2D eigenvalue weighted by Gasteiger charge is -2.18. The minimum atomic E-state index is -0.666. The second-order valence-corrected chi connectivity index (χ2v) is 8.03. The lowest BCUT2D eigenvalue weighted by atomic mass is 10.0. The number of ketones is 1. The molecule has 7 heteroatoms. The topological polar surface area (TPSA) is 88.2 Å². The van der Waals surface area contributed by atoms with Crippen molar-refractivity contribution in [3.8, 4) is 0 Å². The van der Waals surface area contributed by atoms with Gasteiger partial charge in [-0.15, -0.1) is 0 Å². The number of benzene rings is 1. The molecule has 1 atom stereocenters. The average molecular weight is 424 g/mol. The molecule has 30 heavy (non-hydrogen) atoms. The van der Waals surface area contributed by atoms with Crippen LogP contribution >= 0.6 is 11.3 Å². The quantitative estimate of drug-likeness (QED) is 0.468. The number of anilines is 1. The monoisotopic (exact) mass is 423 g/mol. The van der Waals surface area contributed by atoms with E-state index in [1.807, 2.05) is 35.7 Å². The Balaban J connectivity index is 1.65. The summed E-state index contributed by atoms with van der Waals surface area (Å²) in [5.41, 5.74) is 1.98. The van der Waals surface area contributed by atoms with Gasteiger partial charge in [0, 0.05) is 17.2 Å². The smallest absolute Gasteiger partial charge is 0.252 e. The van der Waals surface area contributed by atoms with Crippen molar-refractivity contribution < 1.29 is 14.4 Å². The molecule has 0 saturated carbocycles. The van der Waals surface area contributed by atoms with Crippen LogP contribution in [0.3, 0.4) is 0 Å². The number of Topliss-reactive ketones (excluding diaryl/α,β-unsaturated/α-hetero) is 1. The Morgan fingerprint density at radius 1 is 1.10 bits per heavy atom. The van der Waals surface area contributed by atoms with Crippen LogP contribution in [0, 0.1) is 0 Å². The summed E-state index contributed by atoms with van der Waals surface area (Å²) in [7, 11) is 0. The van der Waals surface area contributed by atoms with E-state index in [-0.39, 0.29) is 17.6 Å². The van der Waals surface area contributed by atoms with Crippen LogP contribution in [0.2, 0.25) is 0 Å². The number of pyridine rings is 1. The lowest BCUT2D eigenvalue weighted by molar-refractivity contribution is -0.118. The highest BCUT2D eigenvalue weighted by molar-refractivity contribution is 7.08. The maximum atomic E-state index is 12.9. The molecule has 0 spiro atoms. The first kappa shape index (κ1) is 21.6. The molecule has 0 radical (unpaired) electrons. The summed E-state index contributed by atoms with van der Waals surface area (Å²) in [6.45, 7) is 1.58. The van der Waals surface area contributed by atoms with Crippen molar-refractivity contribution >= 4 is 45.5 Å². The van der Waals surface area contributed by atoms with E-state index in [4.69, 9.17) is 0 Å². The molecular weight excluding hydrogens is 398 g/mol. The van der Waals surface area contributed by atoms with Crippen molar-refractivity contribution in [3.05, 3.63) is 58.9 Å². The van der Waals surface area contributed by atoms with Gasteiger partial charge < -0.3 is 15.4 Å². The third-order valence-electron chi connectivity index (χ3n) is 4.78. The van der Waals surface area contributed by atoms with Gasteiger partial charge in [0.15, 0.2) is 0 Å². The summed E-state index contributed by atoms with van der Waals surface area (Å²) >= 11 is 1.43. The molecule has 0 saturated heterocycles. The average Bonchev–Trinajstić information content (AvgIpc) is 3.27. The molecule has 3 aromatic rings. The van der Waals surface area contributed by atoms with E-state index in [2.05, 4.69) is 15.6 Å². The number of nitrogens with zero attached hydrogens (tertiary/aromatic N) is 1. The predicted molar refractivity (Wildman–Crippen MR) is 120 cm³/mol. The maximum absolute atomic E-state index is 12.9. The van der Waals surface area contributed by atoms with Crippen LogP contribution in [0.4, 0.5) is 5.69 Å². The van der Waals surface area contributed by atoms with Crippen LogP contribution in [0.15, 0.2) is 53.4 Å². The number of hydrogen-bond acceptors (Lipinski definition) is 5. The fourth-order valence-electron chi connectivity index (χ4n) is 3.17. The fourth-order valence-corrected chi connectivity index (χ4v) is 3.81. The number of amides is 2. The molecule has 6 nitrogen and oxygen atoms in total. The van der Waals surface area contributed by atoms with E-state index >= 15 is 0 Å². The van der Waals surface area contributed by atoms with Crippen LogP contribution in [0.25, 0.3) is 10.9 Å². The van der Waals surface area contributed by atoms with Crippen LogP contribution in [0.5, 0.6) is 0 Å². The van der Waals surface area contributed by atoms with E-state index < -0.39 is 6.04 Å². The molecule has 0 aliphatic carbocycles. The predicted octanol–water partition coefficient (Wildman–Crippen LogP) is 4.57. The SMILES string of the molecule is CC(=O)CCCCCC(NC(=O)c1ccsc1)C(=O)Nc1cnc2ccccc2c1. The highest BCUT2D eigenvalue weighted by atomic mass is 32.1. The number of thiophene rings is 1. The molecular formula is C23H25N3O3S. The standard InChI is InChI=1S/C23H25N3O3S/c1-16(27)7-3-2-4-10-21(26-22(28)18-11-12-30-15-18)23(29)25-19-13-17-8-5-6-9-20(17)24-14-19/h5-6,8-9,11-15,21H,2-4,7,10H2,1H3,(H,25,29)(H,26,28). The van der Waals surface area contributed by atoms with Crippen molar-refractivity contribution in [2.75, 3.05) is 5.32 Å². The minimum absolute atomic E-state index is 0.166. The van der Waals surface area contributed by atoms with Gasteiger partial charge in [0.1, 0.15) is 11.8 Å². The number of carbonyl (C=O) groups is 3. The van der Waals surface area contributed by atoms with Crippen molar-refractivity contribution in [1.82, 2.24) is 10.3 Å². The highest BCUT2D eigenvalue weighted by Gasteiger charge is 2.21. The molecule has 2 heterocycles. The highest BCUT2D eigenvalue weighted by Crippen LogP contribution is 2.17. The summed E-state index contributed by atoms with van der Waals surface area (Å²) in [4.78, 5) is 40.9. The second-order valence-electron chi connectivity index (χ2n) is 7.25. The van der Waals surface area contributed by atoms with Gasteiger partial charge in [-0.05, 0) is 43.3 Å². The summed E-state index contributed by atoms with van der Waals surface area (Å²) in [5, 5.41) is 10.2. The number of carbonyl (C=O) groups excluding carboxylic acids is 3. The van der Waals surface area contributed by atoms with Gasteiger partial charge in [-0.25, -0.2) is 0 Å². The van der Waals surface area contributed by atoms with E-state index in [1.54, 1.807) is 24.6 Å². The van der Waals surface area contributed by atoms with Crippen LogP contribution < -0.4 is 10.6 Å². The van der Waals surface area contributed by atoms with Gasteiger partial charge in [-0.1, -0.05) is 31.0 Å². The first-order chi connectivity index (χ1) is 14.5. The molecule has 2 aromatic heterocycles. The van der Waals surface area contributed by atoms with E-state index in [0.29, 0.717) is 24.1 Å². The fraction of sp³-hybridized carbons (Fsp3) is 0.304. The zero-order valence-corrected chi connectivity index (χ0v) is 17.7. The minimum Gasteiger partial charge on any atom is -0.340 e. The van der Waals surface area contributed by atoms with Crippen LogP contribution in [-0.2, 0) is 9.59 Å². The Bertz CT molecular complexity index is 1020. The van der Waals surface area contributed by atoms with Crippen molar-refractivity contribution in [2.45, 2.75) is 45.1 Å². The van der Waals surface area contributed by atoms with Gasteiger partial charge in [-0.2, -0.15) is 11.3 Å². The molecule has 2 N–H and O–H groups in total. The molecule has 156 valence electrons. The molecule has 0 aliphatic heterocycles. The summed E-state index contributed by atoms with van der Waals surface area (Å²) in [6.07, 6.45) is 5.02. The Labute approximate surface area is 179 Å². The summed E-state index contributed by atoms with van der Waals surface area (Å²) < 4.78 is 0. The van der Waals surface area contributed by atoms with E-state index in [1.165, 1.54) is 11.3 Å². The zero-order chi connectivity index (χ0) is 21.3. The van der Waals surface area contributed by atoms with Crippen LogP contribution in [-0.4, -0.2) is 28.6 Å². The summed E-state index contributed by atoms with van der Waals surface area (Å²) in [6, 6.07) is 10.6. The number of aromatic nitrogens is 1. The van der Waals surface area contributed by atoms with Gasteiger partial charge >= 0.3 is 0 Å². The molecule has 1 aromatic carbocycles. The number of hydrogen-bond donors (Lipinski definition) is 2. The number of rotatable bonds is 10. The number of para-hydroxylation sites is 1. The Morgan fingerprint density at radius 3 is 2.70 bits per heavy atom. The van der Waals surface area contributed by atoms with E-state index in [0.717, 1.165) is 30.2 Å². The maximum Gasteiger partial charge on any atom is 0.252 e. The molecule has 3 rings (SSSR count). The third-order valence-corrected chi connectivity index (χ3v) is 5.47. The van der Waals surface area contributed by atoms with Gasteiger partial charge in [0.05, 0.1) is 23.0 Å². The second kappa shape index (κ2) is 10.6. The Morgan fingerprint density at radius 2 is 1.93 bits per heavy atom. The number of unbranched alkanes of at least 4 members (excludes halogenated alkanes) is 2. The molecule has 2 amide bonds. The van der Waals surface area contributed by atoms with Crippen molar-refractivity contribution in [2.24, 2.45) is 0 Å². The third kappa shape index (κ3) is 6.22. The van der Waals surface area contributed by atoms with Crippen LogP contribution in [0.1, 0.15) is 49.4 Å². The Kier molecular flexibility index (Phi) is 7.68. The van der Waals surface area contributed by atoms with Crippen molar-refractivity contribution in [3.63, 3.8) is 0 Å². The van der Waals surface area contributed by atoms with Gasteiger partial charge in [0.2, 0.25) is 5.91 Å². The molecule has 0 fully saturated rings. The van der Waals surface area contributed by atoms with Gasteiger partial charge in [-0.3, -0.25) is 14.6 Å². The van der Waals surface area contributed by atoms with Crippen molar-refractivity contribution in [1.29, 1.82) is 0 Å². The molecule has 0 aliphatic rings. The largest absolute Gasteiger partial charge is 0.340 e. The summed E-state index contributed by atoms with van der Waals surface area (Å²) in [5.74, 6) is -0.377. The first-order valence-corrected chi connectivity index (χ1v) is 11.0. The molecule has 0 bridgehead atoms. The number of fused-ring (bicyclic) bond motifs is 1. The van der Waals surface area contributed by atoms with Gasteiger partial charge in [0.25, 0.3) is 5.91 Å². The Hall–Kier alpha value is -3.06. The zero-order valence-electron chi connectivity index (χ0n) is 16.9. The number of nitrogens with one attached hydrogen (secondary N) is 2. The van der Waals surface area contributed by atoms with E-state index in [9.17, 15) is 14.4 Å². The normalized spacial score (nSPS) is 11.8. The first-order valence-electron chi connectivity index (χ1n) is 10.0. The molecule has 1 unspecified atom stereocenters.